The molecule has 1 aliphatic heterocycles. The molecule has 0 bridgehead atoms. The molecule has 0 fully saturated rings. The largest absolute Gasteiger partial charge is 0.372 e. The van der Waals surface area contributed by atoms with E-state index in [9.17, 15) is 9.59 Å². The van der Waals surface area contributed by atoms with E-state index in [-0.39, 0.29) is 11.5 Å². The van der Waals surface area contributed by atoms with Gasteiger partial charge in [-0.05, 0) is 37.3 Å². The Morgan fingerprint density at radius 3 is 2.77 bits per heavy atom. The number of hydrogen-bond donors (Lipinski definition) is 2. The van der Waals surface area contributed by atoms with Crippen LogP contribution in [-0.2, 0) is 17.9 Å². The molecule has 0 atom stereocenters. The Morgan fingerprint density at radius 2 is 2.00 bits per heavy atom. The number of aromatic nitrogens is 4. The molecule has 2 aromatic heterocycles. The molecule has 0 unspecified atom stereocenters. The van der Waals surface area contributed by atoms with Crippen LogP contribution in [-0.4, -0.2) is 32.3 Å². The molecule has 0 saturated heterocycles. The number of carbonyl (C=O) groups excluding carboxylic acids is 1. The van der Waals surface area contributed by atoms with E-state index in [4.69, 9.17) is 4.74 Å². The fraction of sp³-hybridized carbons (Fsp3) is 0.222. The first kappa shape index (κ1) is 16.2. The number of aromatic amines is 1. The summed E-state index contributed by atoms with van der Waals surface area (Å²) in [7, 11) is 0. The minimum absolute atomic E-state index is 0.231. The molecule has 8 heteroatoms. The monoisotopic (exact) mass is 351 g/mol. The second kappa shape index (κ2) is 6.57. The van der Waals surface area contributed by atoms with Crippen LogP contribution in [0.25, 0.3) is 11.4 Å². The van der Waals surface area contributed by atoms with Gasteiger partial charge in [0, 0.05) is 29.6 Å². The van der Waals surface area contributed by atoms with Crippen molar-refractivity contribution in [2.24, 2.45) is 0 Å². The van der Waals surface area contributed by atoms with Crippen LogP contribution in [0.1, 0.15) is 21.9 Å². The van der Waals surface area contributed by atoms with Crippen LogP contribution in [0.15, 0.2) is 41.2 Å². The molecule has 2 N–H and O–H groups in total. The molecular weight excluding hydrogens is 334 g/mol. The molecule has 3 aromatic rings. The Bertz CT molecular complexity index is 1020. The Kier molecular flexibility index (Phi) is 4.10. The number of amides is 1. The number of rotatable bonds is 3. The number of nitrogens with one attached hydrogen (secondary N) is 2. The third kappa shape index (κ3) is 3.02. The number of pyridine rings is 1. The number of fused-ring (bicyclic) bond motifs is 1. The zero-order chi connectivity index (χ0) is 18.1. The predicted octanol–water partition coefficient (Wildman–Crippen LogP) is 1.72. The normalized spacial score (nSPS) is 13.3. The lowest BCUT2D eigenvalue weighted by molar-refractivity contribution is 0.0821. The van der Waals surface area contributed by atoms with E-state index in [0.29, 0.717) is 30.2 Å². The van der Waals surface area contributed by atoms with Crippen LogP contribution in [0.3, 0.4) is 0 Å². The van der Waals surface area contributed by atoms with Crippen molar-refractivity contribution in [1.82, 2.24) is 19.7 Å². The molecule has 26 heavy (non-hydrogen) atoms. The standard InChI is InChI=1S/C18H17N5O3/c1-11-14(6-7-16(24)19-11)18(25)20-13-4-2-12(3-5-13)17-22-21-15-10-26-9-8-23(15)17/h2-7H,8-10H2,1H3,(H,19,24)(H,20,25). The first-order chi connectivity index (χ1) is 12.6. The zero-order valence-corrected chi connectivity index (χ0v) is 14.2. The summed E-state index contributed by atoms with van der Waals surface area (Å²) in [6.45, 7) is 3.53. The molecule has 132 valence electrons. The van der Waals surface area contributed by atoms with Crippen molar-refractivity contribution < 1.29 is 9.53 Å². The van der Waals surface area contributed by atoms with Gasteiger partial charge < -0.3 is 19.6 Å². The summed E-state index contributed by atoms with van der Waals surface area (Å²) in [5.74, 6) is 1.33. The van der Waals surface area contributed by atoms with E-state index in [1.165, 1.54) is 12.1 Å². The minimum Gasteiger partial charge on any atom is -0.372 e. The van der Waals surface area contributed by atoms with Gasteiger partial charge in [0.25, 0.3) is 5.91 Å². The van der Waals surface area contributed by atoms with Gasteiger partial charge in [0.05, 0.1) is 12.2 Å². The number of H-pyrrole nitrogens is 1. The number of carbonyl (C=O) groups is 1. The Labute approximate surface area is 148 Å². The summed E-state index contributed by atoms with van der Waals surface area (Å²) >= 11 is 0. The molecule has 0 saturated carbocycles. The van der Waals surface area contributed by atoms with Crippen LogP contribution in [0.5, 0.6) is 0 Å². The van der Waals surface area contributed by atoms with Crippen molar-refractivity contribution >= 4 is 11.6 Å². The van der Waals surface area contributed by atoms with Gasteiger partial charge in [-0.15, -0.1) is 10.2 Å². The highest BCUT2D eigenvalue weighted by molar-refractivity contribution is 6.05. The summed E-state index contributed by atoms with van der Waals surface area (Å²) in [5, 5.41) is 11.2. The van der Waals surface area contributed by atoms with Crippen molar-refractivity contribution in [3.05, 3.63) is 63.8 Å². The van der Waals surface area contributed by atoms with Crippen molar-refractivity contribution in [3.63, 3.8) is 0 Å². The number of hydrogen-bond acceptors (Lipinski definition) is 5. The second-order valence-corrected chi connectivity index (χ2v) is 6.04. The highest BCUT2D eigenvalue weighted by Gasteiger charge is 2.17. The van der Waals surface area contributed by atoms with Crippen LogP contribution in [0, 0.1) is 6.92 Å². The number of benzene rings is 1. The van der Waals surface area contributed by atoms with Gasteiger partial charge in [-0.1, -0.05) is 0 Å². The maximum atomic E-state index is 12.4. The Balaban J connectivity index is 1.54. The van der Waals surface area contributed by atoms with Crippen molar-refractivity contribution in [2.75, 3.05) is 11.9 Å². The number of nitrogens with zero attached hydrogens (tertiary/aromatic N) is 3. The molecule has 1 aromatic carbocycles. The summed E-state index contributed by atoms with van der Waals surface area (Å²) in [4.78, 5) is 26.3. The smallest absolute Gasteiger partial charge is 0.257 e. The van der Waals surface area contributed by atoms with Gasteiger partial charge in [-0.25, -0.2) is 0 Å². The van der Waals surface area contributed by atoms with Crippen molar-refractivity contribution in [3.8, 4) is 11.4 Å². The second-order valence-electron chi connectivity index (χ2n) is 6.04. The maximum absolute atomic E-state index is 12.4. The summed E-state index contributed by atoms with van der Waals surface area (Å²) in [6, 6.07) is 10.3. The van der Waals surface area contributed by atoms with Gasteiger partial charge in [0.1, 0.15) is 6.61 Å². The van der Waals surface area contributed by atoms with E-state index in [0.717, 1.165) is 23.8 Å². The lowest BCUT2D eigenvalue weighted by Crippen LogP contribution is -2.17. The lowest BCUT2D eigenvalue weighted by atomic mass is 10.1. The number of ether oxygens (including phenoxy) is 1. The SMILES string of the molecule is Cc1[nH]c(=O)ccc1C(=O)Nc1ccc(-c2nnc3n2CCOC3)cc1. The van der Waals surface area contributed by atoms with E-state index in [1.807, 2.05) is 28.8 Å². The van der Waals surface area contributed by atoms with Gasteiger partial charge in [0.15, 0.2) is 11.6 Å². The highest BCUT2D eigenvalue weighted by Crippen LogP contribution is 2.22. The molecule has 1 amide bonds. The Morgan fingerprint density at radius 1 is 1.19 bits per heavy atom. The molecule has 1 aliphatic rings. The predicted molar refractivity (Wildman–Crippen MR) is 94.9 cm³/mol. The number of anilines is 1. The molecular formula is C18H17N5O3. The van der Waals surface area contributed by atoms with Crippen LogP contribution < -0.4 is 10.9 Å². The highest BCUT2D eigenvalue weighted by atomic mass is 16.5. The van der Waals surface area contributed by atoms with Crippen molar-refractivity contribution in [1.29, 1.82) is 0 Å². The van der Waals surface area contributed by atoms with E-state index in [2.05, 4.69) is 20.5 Å². The van der Waals surface area contributed by atoms with Crippen LogP contribution in [0.4, 0.5) is 5.69 Å². The lowest BCUT2D eigenvalue weighted by Gasteiger charge is -2.15. The van der Waals surface area contributed by atoms with E-state index >= 15 is 0 Å². The molecule has 0 aliphatic carbocycles. The average Bonchev–Trinajstić information content (AvgIpc) is 3.06. The Hall–Kier alpha value is -3.26. The van der Waals surface area contributed by atoms with Crippen molar-refractivity contribution in [2.45, 2.75) is 20.1 Å². The van der Waals surface area contributed by atoms with E-state index < -0.39 is 0 Å². The van der Waals surface area contributed by atoms with Gasteiger partial charge in [0.2, 0.25) is 5.56 Å². The molecule has 3 heterocycles. The third-order valence-corrected chi connectivity index (χ3v) is 4.28. The van der Waals surface area contributed by atoms with Crippen LogP contribution >= 0.6 is 0 Å². The number of aryl methyl sites for hydroxylation is 1. The fourth-order valence-corrected chi connectivity index (χ4v) is 2.93. The molecule has 0 spiro atoms. The van der Waals surface area contributed by atoms with Crippen LogP contribution in [0.2, 0.25) is 0 Å². The topological polar surface area (TPSA) is 102 Å². The molecule has 0 radical (unpaired) electrons. The third-order valence-electron chi connectivity index (χ3n) is 4.28. The van der Waals surface area contributed by atoms with Gasteiger partial charge in [-0.2, -0.15) is 0 Å². The zero-order valence-electron chi connectivity index (χ0n) is 14.2. The minimum atomic E-state index is -0.275. The summed E-state index contributed by atoms with van der Waals surface area (Å²) in [5.41, 5.74) is 2.31. The summed E-state index contributed by atoms with van der Waals surface area (Å²) < 4.78 is 7.42. The first-order valence-corrected chi connectivity index (χ1v) is 8.23. The first-order valence-electron chi connectivity index (χ1n) is 8.23. The van der Waals surface area contributed by atoms with E-state index in [1.54, 1.807) is 6.92 Å². The van der Waals surface area contributed by atoms with Gasteiger partial charge in [-0.3, -0.25) is 9.59 Å². The van der Waals surface area contributed by atoms with Gasteiger partial charge >= 0.3 is 0 Å². The summed E-state index contributed by atoms with van der Waals surface area (Å²) in [6.07, 6.45) is 0. The molecule has 8 nitrogen and oxygen atoms in total. The molecule has 4 rings (SSSR count). The fourth-order valence-electron chi connectivity index (χ4n) is 2.93. The average molecular weight is 351 g/mol. The maximum Gasteiger partial charge on any atom is 0.257 e. The quantitative estimate of drug-likeness (QED) is 0.748.